The molecule has 134 valence electrons. The lowest BCUT2D eigenvalue weighted by molar-refractivity contribution is -0.123. The van der Waals surface area contributed by atoms with E-state index in [0.717, 1.165) is 70.8 Å². The van der Waals surface area contributed by atoms with Crippen LogP contribution in [0.2, 0.25) is 0 Å². The van der Waals surface area contributed by atoms with Gasteiger partial charge in [-0.3, -0.25) is 9.69 Å². The summed E-state index contributed by atoms with van der Waals surface area (Å²) in [6.07, 6.45) is 3.98. The molecule has 5 nitrogen and oxygen atoms in total. The lowest BCUT2D eigenvalue weighted by Gasteiger charge is -2.36. The summed E-state index contributed by atoms with van der Waals surface area (Å²) >= 11 is 0. The molecule has 1 aliphatic carbocycles. The number of nitrogens with one attached hydrogen (secondary N) is 1. The van der Waals surface area contributed by atoms with Crippen LogP contribution in [0, 0.1) is 0 Å². The summed E-state index contributed by atoms with van der Waals surface area (Å²) in [6, 6.07) is 6.35. The van der Waals surface area contributed by atoms with Crippen LogP contribution >= 0.6 is 0 Å². The summed E-state index contributed by atoms with van der Waals surface area (Å²) in [4.78, 5) is 15.1. The van der Waals surface area contributed by atoms with Crippen LogP contribution in [0.5, 0.6) is 0 Å². The van der Waals surface area contributed by atoms with Crippen LogP contribution in [0.1, 0.15) is 31.2 Å². The highest BCUT2D eigenvalue weighted by molar-refractivity contribution is 6.33. The zero-order valence-electron chi connectivity index (χ0n) is 15.1. The maximum atomic E-state index is 12.7. The Morgan fingerprint density at radius 2 is 2.04 bits per heavy atom. The molecule has 6 heteroatoms. The van der Waals surface area contributed by atoms with Crippen LogP contribution in [0.15, 0.2) is 18.2 Å². The molecule has 25 heavy (non-hydrogen) atoms. The van der Waals surface area contributed by atoms with Crippen LogP contribution in [0.25, 0.3) is 0 Å². The molecular formula is C19H27BN2O3. The van der Waals surface area contributed by atoms with Gasteiger partial charge in [-0.15, -0.1) is 0 Å². The van der Waals surface area contributed by atoms with E-state index in [-0.39, 0.29) is 17.4 Å². The van der Waals surface area contributed by atoms with Crippen molar-refractivity contribution >= 4 is 24.9 Å². The summed E-state index contributed by atoms with van der Waals surface area (Å²) in [5.74, 6) is 0.180. The molecule has 0 atom stereocenters. The molecule has 4 rings (SSSR count). The fourth-order valence-electron chi connectivity index (χ4n) is 4.46. The van der Waals surface area contributed by atoms with E-state index in [1.807, 2.05) is 0 Å². The number of fused-ring (bicyclic) bond motifs is 2. The maximum absolute atomic E-state index is 12.7. The Bertz CT molecular complexity index is 638. The Balaban J connectivity index is 1.32. The molecule has 0 bridgehead atoms. The number of carbonyl (C=O) groups is 1. The minimum atomic E-state index is -0.326. The average molecular weight is 342 g/mol. The number of nitrogens with zero attached hydrogens (tertiary/aromatic N) is 1. The molecule has 3 aliphatic rings. The van der Waals surface area contributed by atoms with Crippen molar-refractivity contribution < 1.29 is 14.3 Å². The molecule has 1 aromatic carbocycles. The molecule has 0 aromatic heterocycles. The SMILES string of the molecule is Bc1ccc2c(c1)NC(=O)C21CCC(OCCN2CCOCC2)CC1. The normalized spacial score (nSPS) is 29.6. The highest BCUT2D eigenvalue weighted by Gasteiger charge is 2.48. The fraction of sp³-hybridized carbons (Fsp3) is 0.632. The standard InChI is InChI=1S/C19H27BN2O3/c20-14-1-2-16-17(13-14)21-18(23)19(16)5-3-15(4-6-19)25-12-9-22-7-10-24-11-8-22/h1-2,13,15H,3-12,20H2,(H,21,23). The van der Waals surface area contributed by atoms with Crippen LogP contribution in [0.4, 0.5) is 5.69 Å². The van der Waals surface area contributed by atoms with Gasteiger partial charge in [0.1, 0.15) is 7.85 Å². The largest absolute Gasteiger partial charge is 0.379 e. The third kappa shape index (κ3) is 3.35. The number of ether oxygens (including phenoxy) is 2. The van der Waals surface area contributed by atoms with Gasteiger partial charge in [-0.2, -0.15) is 0 Å². The van der Waals surface area contributed by atoms with Gasteiger partial charge in [0.15, 0.2) is 0 Å². The molecular weight excluding hydrogens is 315 g/mol. The van der Waals surface area contributed by atoms with Gasteiger partial charge >= 0.3 is 0 Å². The van der Waals surface area contributed by atoms with E-state index in [0.29, 0.717) is 0 Å². The quantitative estimate of drug-likeness (QED) is 0.807. The predicted octanol–water partition coefficient (Wildman–Crippen LogP) is 0.426. The molecule has 1 amide bonds. The number of morpholine rings is 1. The Hall–Kier alpha value is -1.37. The Kier molecular flexibility index (Phi) is 4.85. The first-order chi connectivity index (χ1) is 12.2. The van der Waals surface area contributed by atoms with Crippen LogP contribution < -0.4 is 10.8 Å². The maximum Gasteiger partial charge on any atom is 0.235 e. The predicted molar refractivity (Wildman–Crippen MR) is 100 cm³/mol. The number of carbonyl (C=O) groups excluding carboxylic acids is 1. The van der Waals surface area contributed by atoms with Crippen molar-refractivity contribution in [2.45, 2.75) is 37.2 Å². The first kappa shape index (κ1) is 17.1. The van der Waals surface area contributed by atoms with Gasteiger partial charge in [-0.25, -0.2) is 0 Å². The topological polar surface area (TPSA) is 50.8 Å². The van der Waals surface area contributed by atoms with Gasteiger partial charge in [0.2, 0.25) is 5.91 Å². The second-order valence-electron chi connectivity index (χ2n) is 7.61. The summed E-state index contributed by atoms with van der Waals surface area (Å²) in [6.45, 7) is 5.44. The van der Waals surface area contributed by atoms with Gasteiger partial charge < -0.3 is 14.8 Å². The van der Waals surface area contributed by atoms with Crippen molar-refractivity contribution in [1.82, 2.24) is 4.90 Å². The van der Waals surface area contributed by atoms with Crippen molar-refractivity contribution in [3.05, 3.63) is 23.8 Å². The zero-order chi connectivity index (χ0) is 17.3. The number of benzene rings is 1. The Morgan fingerprint density at radius 1 is 1.28 bits per heavy atom. The fourth-order valence-corrected chi connectivity index (χ4v) is 4.46. The monoisotopic (exact) mass is 342 g/mol. The summed E-state index contributed by atoms with van der Waals surface area (Å²) < 4.78 is 11.5. The van der Waals surface area contributed by atoms with Gasteiger partial charge in [0, 0.05) is 25.3 Å². The summed E-state index contributed by atoms with van der Waals surface area (Å²) in [7, 11) is 2.07. The molecule has 0 unspecified atom stereocenters. The van der Waals surface area contributed by atoms with E-state index in [1.54, 1.807) is 0 Å². The zero-order valence-corrected chi connectivity index (χ0v) is 15.1. The molecule has 2 fully saturated rings. The smallest absolute Gasteiger partial charge is 0.235 e. The van der Waals surface area contributed by atoms with E-state index in [2.05, 4.69) is 36.3 Å². The van der Waals surface area contributed by atoms with Crippen molar-refractivity contribution in [2.24, 2.45) is 0 Å². The lowest BCUT2D eigenvalue weighted by atomic mass is 9.69. The van der Waals surface area contributed by atoms with Gasteiger partial charge in [-0.1, -0.05) is 17.6 Å². The van der Waals surface area contributed by atoms with Crippen molar-refractivity contribution in [2.75, 3.05) is 44.8 Å². The number of hydrogen-bond donors (Lipinski definition) is 1. The lowest BCUT2D eigenvalue weighted by Crippen LogP contribution is -2.41. The van der Waals surface area contributed by atoms with Gasteiger partial charge in [0.25, 0.3) is 0 Å². The Morgan fingerprint density at radius 3 is 2.80 bits per heavy atom. The summed E-state index contributed by atoms with van der Waals surface area (Å²) in [5.41, 5.74) is 3.07. The Labute approximate surface area is 150 Å². The summed E-state index contributed by atoms with van der Waals surface area (Å²) in [5, 5.41) is 3.10. The van der Waals surface area contributed by atoms with E-state index < -0.39 is 0 Å². The van der Waals surface area contributed by atoms with E-state index in [9.17, 15) is 4.79 Å². The van der Waals surface area contributed by atoms with E-state index >= 15 is 0 Å². The van der Waals surface area contributed by atoms with Gasteiger partial charge in [0.05, 0.1) is 31.3 Å². The van der Waals surface area contributed by atoms with Crippen LogP contribution in [-0.4, -0.2) is 64.2 Å². The highest BCUT2D eigenvalue weighted by Crippen LogP contribution is 2.47. The van der Waals surface area contributed by atoms with Crippen molar-refractivity contribution in [3.63, 3.8) is 0 Å². The number of hydrogen-bond acceptors (Lipinski definition) is 4. The first-order valence-corrected chi connectivity index (χ1v) is 9.52. The van der Waals surface area contributed by atoms with Gasteiger partial charge in [-0.05, 0) is 37.3 Å². The average Bonchev–Trinajstić information content (AvgIpc) is 2.88. The van der Waals surface area contributed by atoms with E-state index in [4.69, 9.17) is 9.47 Å². The third-order valence-corrected chi connectivity index (χ3v) is 6.02. The number of rotatable bonds is 4. The number of anilines is 1. The minimum absolute atomic E-state index is 0.180. The number of amides is 1. The molecule has 1 aromatic rings. The van der Waals surface area contributed by atoms with E-state index in [1.165, 1.54) is 11.0 Å². The first-order valence-electron chi connectivity index (χ1n) is 9.52. The second kappa shape index (κ2) is 7.10. The van der Waals surface area contributed by atoms with Crippen LogP contribution in [-0.2, 0) is 19.7 Å². The highest BCUT2D eigenvalue weighted by atomic mass is 16.5. The molecule has 1 saturated carbocycles. The second-order valence-corrected chi connectivity index (χ2v) is 7.61. The minimum Gasteiger partial charge on any atom is -0.379 e. The molecule has 0 radical (unpaired) electrons. The molecule has 1 saturated heterocycles. The van der Waals surface area contributed by atoms with Crippen molar-refractivity contribution in [3.8, 4) is 0 Å². The third-order valence-electron chi connectivity index (χ3n) is 6.02. The van der Waals surface area contributed by atoms with Crippen LogP contribution in [0.3, 0.4) is 0 Å². The van der Waals surface area contributed by atoms with Crippen molar-refractivity contribution in [1.29, 1.82) is 0 Å². The molecule has 2 aliphatic heterocycles. The molecule has 1 spiro atoms. The molecule has 2 heterocycles. The molecule has 1 N–H and O–H groups in total.